The highest BCUT2D eigenvalue weighted by molar-refractivity contribution is 5.54. The zero-order valence-electron chi connectivity index (χ0n) is 9.84. The standard InChI is InChI=1S/C11H16N2O4/c1-8-3-4-9(5-11(8)13(15)16)12-6-10(14)7-17-2/h3-5,10,12,14H,6-7H2,1-2H3. The van der Waals surface area contributed by atoms with Crippen LogP contribution in [-0.4, -0.2) is 36.4 Å². The number of aryl methyl sites for hydroxylation is 1. The van der Waals surface area contributed by atoms with Gasteiger partial charge in [0.05, 0.1) is 17.6 Å². The summed E-state index contributed by atoms with van der Waals surface area (Å²) in [6.45, 7) is 2.19. The van der Waals surface area contributed by atoms with Gasteiger partial charge in [-0.2, -0.15) is 0 Å². The number of ether oxygens (including phenoxy) is 1. The Morgan fingerprint density at radius 2 is 2.29 bits per heavy atom. The monoisotopic (exact) mass is 240 g/mol. The van der Waals surface area contributed by atoms with Gasteiger partial charge in [-0.15, -0.1) is 0 Å². The summed E-state index contributed by atoms with van der Waals surface area (Å²) >= 11 is 0. The van der Waals surface area contributed by atoms with Crippen LogP contribution in [0, 0.1) is 17.0 Å². The number of nitro benzene ring substituents is 1. The van der Waals surface area contributed by atoms with E-state index in [0.717, 1.165) is 0 Å². The highest BCUT2D eigenvalue weighted by Gasteiger charge is 2.11. The predicted molar refractivity (Wildman–Crippen MR) is 64.2 cm³/mol. The maximum Gasteiger partial charge on any atom is 0.274 e. The molecule has 0 amide bonds. The fraction of sp³-hybridized carbons (Fsp3) is 0.455. The van der Waals surface area contributed by atoms with Crippen LogP contribution in [0.5, 0.6) is 0 Å². The number of nitrogens with one attached hydrogen (secondary N) is 1. The summed E-state index contributed by atoms with van der Waals surface area (Å²) in [7, 11) is 1.50. The van der Waals surface area contributed by atoms with Crippen LogP contribution < -0.4 is 5.32 Å². The van der Waals surface area contributed by atoms with E-state index in [0.29, 0.717) is 11.3 Å². The van der Waals surface area contributed by atoms with Gasteiger partial charge in [-0.1, -0.05) is 6.07 Å². The van der Waals surface area contributed by atoms with Gasteiger partial charge in [0.2, 0.25) is 0 Å². The summed E-state index contributed by atoms with van der Waals surface area (Å²) in [5.41, 5.74) is 1.28. The lowest BCUT2D eigenvalue weighted by atomic mass is 10.2. The topological polar surface area (TPSA) is 84.6 Å². The van der Waals surface area contributed by atoms with Crippen molar-refractivity contribution in [3.05, 3.63) is 33.9 Å². The van der Waals surface area contributed by atoms with Gasteiger partial charge >= 0.3 is 0 Å². The zero-order chi connectivity index (χ0) is 12.8. The van der Waals surface area contributed by atoms with E-state index in [1.54, 1.807) is 19.1 Å². The van der Waals surface area contributed by atoms with Gasteiger partial charge in [-0.3, -0.25) is 10.1 Å². The number of hydrogen-bond acceptors (Lipinski definition) is 5. The fourth-order valence-electron chi connectivity index (χ4n) is 1.40. The summed E-state index contributed by atoms with van der Waals surface area (Å²) in [5.74, 6) is 0. The summed E-state index contributed by atoms with van der Waals surface area (Å²) in [6, 6.07) is 4.86. The molecule has 0 bridgehead atoms. The number of benzene rings is 1. The quantitative estimate of drug-likeness (QED) is 0.578. The third-order valence-corrected chi connectivity index (χ3v) is 2.31. The van der Waals surface area contributed by atoms with E-state index in [1.807, 2.05) is 0 Å². The first-order chi connectivity index (χ1) is 8.04. The van der Waals surface area contributed by atoms with Crippen LogP contribution in [-0.2, 0) is 4.74 Å². The minimum Gasteiger partial charge on any atom is -0.389 e. The summed E-state index contributed by atoms with van der Waals surface area (Å²) in [4.78, 5) is 10.3. The predicted octanol–water partition coefficient (Wildman–Crippen LogP) is 1.32. The molecule has 0 spiro atoms. The van der Waals surface area contributed by atoms with Crippen molar-refractivity contribution in [3.63, 3.8) is 0 Å². The van der Waals surface area contributed by atoms with Crippen LogP contribution in [0.25, 0.3) is 0 Å². The van der Waals surface area contributed by atoms with Crippen molar-refractivity contribution in [3.8, 4) is 0 Å². The number of aliphatic hydroxyl groups excluding tert-OH is 1. The largest absolute Gasteiger partial charge is 0.389 e. The molecule has 1 aromatic rings. The van der Waals surface area contributed by atoms with Crippen LogP contribution in [0.1, 0.15) is 5.56 Å². The Bertz CT molecular complexity index is 395. The molecule has 0 aliphatic heterocycles. The van der Waals surface area contributed by atoms with Gasteiger partial charge in [0.15, 0.2) is 0 Å². The van der Waals surface area contributed by atoms with Crippen molar-refractivity contribution in [2.45, 2.75) is 13.0 Å². The molecule has 0 fully saturated rings. The van der Waals surface area contributed by atoms with E-state index in [9.17, 15) is 15.2 Å². The Labute approximate surface area is 99.4 Å². The molecule has 1 aromatic carbocycles. The Morgan fingerprint density at radius 1 is 1.59 bits per heavy atom. The molecule has 1 rings (SSSR count). The molecule has 0 radical (unpaired) electrons. The van der Waals surface area contributed by atoms with Crippen molar-refractivity contribution in [1.29, 1.82) is 0 Å². The lowest BCUT2D eigenvalue weighted by Crippen LogP contribution is -2.24. The van der Waals surface area contributed by atoms with Crippen molar-refractivity contribution < 1.29 is 14.8 Å². The molecule has 0 aromatic heterocycles. The highest BCUT2D eigenvalue weighted by atomic mass is 16.6. The van der Waals surface area contributed by atoms with Crippen molar-refractivity contribution >= 4 is 11.4 Å². The lowest BCUT2D eigenvalue weighted by Gasteiger charge is -2.11. The molecule has 0 saturated heterocycles. The van der Waals surface area contributed by atoms with Crippen molar-refractivity contribution in [2.75, 3.05) is 25.6 Å². The van der Waals surface area contributed by atoms with Gasteiger partial charge in [0, 0.05) is 31.0 Å². The Balaban J connectivity index is 2.66. The molecular formula is C11H16N2O4. The van der Waals surface area contributed by atoms with Gasteiger partial charge < -0.3 is 15.2 Å². The number of rotatable bonds is 6. The summed E-state index contributed by atoms with van der Waals surface area (Å²) < 4.78 is 4.77. The minimum atomic E-state index is -0.639. The fourth-order valence-corrected chi connectivity index (χ4v) is 1.40. The van der Waals surface area contributed by atoms with Crippen molar-refractivity contribution in [1.82, 2.24) is 0 Å². The number of nitro groups is 1. The number of aliphatic hydroxyl groups is 1. The van der Waals surface area contributed by atoms with Crippen LogP contribution in [0.3, 0.4) is 0 Å². The van der Waals surface area contributed by atoms with Crippen molar-refractivity contribution in [2.24, 2.45) is 0 Å². The third kappa shape index (κ3) is 4.01. The van der Waals surface area contributed by atoms with E-state index in [1.165, 1.54) is 13.2 Å². The molecule has 1 unspecified atom stereocenters. The average molecular weight is 240 g/mol. The maximum atomic E-state index is 10.7. The minimum absolute atomic E-state index is 0.0660. The third-order valence-electron chi connectivity index (χ3n) is 2.31. The van der Waals surface area contributed by atoms with Crippen LogP contribution in [0.2, 0.25) is 0 Å². The molecule has 1 atom stereocenters. The second-order valence-electron chi connectivity index (χ2n) is 3.75. The van der Waals surface area contributed by atoms with E-state index < -0.39 is 11.0 Å². The van der Waals surface area contributed by atoms with Crippen LogP contribution in [0.15, 0.2) is 18.2 Å². The van der Waals surface area contributed by atoms with E-state index in [-0.39, 0.29) is 18.8 Å². The van der Waals surface area contributed by atoms with E-state index in [2.05, 4.69) is 5.32 Å². The van der Waals surface area contributed by atoms with Crippen LogP contribution >= 0.6 is 0 Å². The summed E-state index contributed by atoms with van der Waals surface area (Å²) in [6.07, 6.45) is -0.639. The molecule has 0 aliphatic carbocycles. The normalized spacial score (nSPS) is 12.2. The van der Waals surface area contributed by atoms with Crippen LogP contribution in [0.4, 0.5) is 11.4 Å². The van der Waals surface area contributed by atoms with E-state index >= 15 is 0 Å². The molecule has 0 heterocycles. The zero-order valence-corrected chi connectivity index (χ0v) is 9.84. The average Bonchev–Trinajstić information content (AvgIpc) is 2.28. The summed E-state index contributed by atoms with van der Waals surface area (Å²) in [5, 5.41) is 23.1. The lowest BCUT2D eigenvalue weighted by molar-refractivity contribution is -0.385. The molecule has 0 saturated carbocycles. The second-order valence-corrected chi connectivity index (χ2v) is 3.75. The number of methoxy groups -OCH3 is 1. The highest BCUT2D eigenvalue weighted by Crippen LogP contribution is 2.22. The number of nitrogens with zero attached hydrogens (tertiary/aromatic N) is 1. The Hall–Kier alpha value is -1.66. The van der Waals surface area contributed by atoms with Gasteiger partial charge in [-0.05, 0) is 13.0 Å². The molecule has 0 aliphatic rings. The smallest absolute Gasteiger partial charge is 0.274 e. The molecule has 94 valence electrons. The maximum absolute atomic E-state index is 10.7. The first-order valence-corrected chi connectivity index (χ1v) is 5.20. The van der Waals surface area contributed by atoms with Gasteiger partial charge in [-0.25, -0.2) is 0 Å². The molecule has 6 nitrogen and oxygen atoms in total. The number of anilines is 1. The van der Waals surface area contributed by atoms with Gasteiger partial charge in [0.25, 0.3) is 5.69 Å². The SMILES string of the molecule is COCC(O)CNc1ccc(C)c([N+](=O)[O-])c1. The number of hydrogen-bond donors (Lipinski definition) is 2. The first-order valence-electron chi connectivity index (χ1n) is 5.20. The first kappa shape index (κ1) is 13.4. The molecular weight excluding hydrogens is 224 g/mol. The Kier molecular flexibility index (Phi) is 4.86. The molecule has 2 N–H and O–H groups in total. The van der Waals surface area contributed by atoms with Gasteiger partial charge in [0.1, 0.15) is 0 Å². The van der Waals surface area contributed by atoms with E-state index in [4.69, 9.17) is 4.74 Å². The molecule has 17 heavy (non-hydrogen) atoms. The second kappa shape index (κ2) is 6.17. The molecule has 6 heteroatoms. The Morgan fingerprint density at radius 3 is 2.88 bits per heavy atom.